The lowest BCUT2D eigenvalue weighted by atomic mass is 10.1. The van der Waals surface area contributed by atoms with Crippen molar-refractivity contribution in [3.8, 4) is 11.5 Å². The maximum Gasteiger partial charge on any atom is 0.258 e. The smallest absolute Gasteiger partial charge is 0.258 e. The Morgan fingerprint density at radius 2 is 1.71 bits per heavy atom. The highest BCUT2D eigenvalue weighted by molar-refractivity contribution is 5.95. The van der Waals surface area contributed by atoms with Gasteiger partial charge in [-0.1, -0.05) is 30.3 Å². The molecule has 6 nitrogen and oxygen atoms in total. The van der Waals surface area contributed by atoms with Gasteiger partial charge in [0.25, 0.3) is 11.8 Å². The van der Waals surface area contributed by atoms with Gasteiger partial charge in [0.05, 0.1) is 18.7 Å². The molecular weight excluding hydrogens is 308 g/mol. The van der Waals surface area contributed by atoms with E-state index in [-0.39, 0.29) is 29.9 Å². The summed E-state index contributed by atoms with van der Waals surface area (Å²) in [4.78, 5) is 23.4. The van der Waals surface area contributed by atoms with E-state index in [4.69, 9.17) is 15.2 Å². The van der Waals surface area contributed by atoms with E-state index in [1.54, 1.807) is 31.4 Å². The Hall–Kier alpha value is -3.02. The van der Waals surface area contributed by atoms with Crippen LogP contribution in [-0.4, -0.2) is 25.5 Å². The van der Waals surface area contributed by atoms with Gasteiger partial charge in [-0.05, 0) is 25.1 Å². The van der Waals surface area contributed by atoms with Gasteiger partial charge in [-0.2, -0.15) is 0 Å². The number of nitrogens with one attached hydrogen (secondary N) is 1. The minimum absolute atomic E-state index is 0.218. The summed E-state index contributed by atoms with van der Waals surface area (Å²) in [7, 11) is 1.58. The SMILES string of the molecule is COc1ccccc1C(C)NC(=O)COc1ccccc1C(N)=O. The van der Waals surface area contributed by atoms with Crippen LogP contribution in [-0.2, 0) is 4.79 Å². The molecule has 0 saturated carbocycles. The lowest BCUT2D eigenvalue weighted by molar-refractivity contribution is -0.123. The molecule has 0 spiro atoms. The standard InChI is InChI=1S/C18H20N2O4/c1-12(13-7-3-5-9-15(13)23-2)20-17(21)11-24-16-10-6-4-8-14(16)18(19)22/h3-10,12H,11H2,1-2H3,(H2,19,22)(H,20,21). The first-order chi connectivity index (χ1) is 11.5. The quantitative estimate of drug-likeness (QED) is 0.814. The zero-order chi connectivity index (χ0) is 17.5. The van der Waals surface area contributed by atoms with Crippen LogP contribution >= 0.6 is 0 Å². The third-order valence-corrected chi connectivity index (χ3v) is 3.49. The van der Waals surface area contributed by atoms with Crippen LogP contribution in [0.5, 0.6) is 11.5 Å². The number of ether oxygens (including phenoxy) is 2. The average Bonchev–Trinajstić information content (AvgIpc) is 2.60. The molecular formula is C18H20N2O4. The highest BCUT2D eigenvalue weighted by atomic mass is 16.5. The van der Waals surface area contributed by atoms with Crippen LogP contribution in [0.3, 0.4) is 0 Å². The maximum atomic E-state index is 12.1. The van der Waals surface area contributed by atoms with Gasteiger partial charge in [0.15, 0.2) is 6.61 Å². The topological polar surface area (TPSA) is 90.7 Å². The van der Waals surface area contributed by atoms with Crippen molar-refractivity contribution in [3.05, 3.63) is 59.7 Å². The highest BCUT2D eigenvalue weighted by Gasteiger charge is 2.15. The predicted molar refractivity (Wildman–Crippen MR) is 90.0 cm³/mol. The Balaban J connectivity index is 1.98. The van der Waals surface area contributed by atoms with Gasteiger partial charge in [0.2, 0.25) is 0 Å². The van der Waals surface area contributed by atoms with Crippen molar-refractivity contribution in [2.75, 3.05) is 13.7 Å². The fraction of sp³-hybridized carbons (Fsp3) is 0.222. The molecule has 0 saturated heterocycles. The number of hydrogen-bond donors (Lipinski definition) is 2. The molecule has 2 aromatic carbocycles. The lowest BCUT2D eigenvalue weighted by Gasteiger charge is -2.17. The molecule has 0 radical (unpaired) electrons. The van der Waals surface area contributed by atoms with Crippen LogP contribution in [0.2, 0.25) is 0 Å². The molecule has 24 heavy (non-hydrogen) atoms. The molecule has 0 aromatic heterocycles. The van der Waals surface area contributed by atoms with Crippen molar-refractivity contribution in [2.45, 2.75) is 13.0 Å². The first-order valence-electron chi connectivity index (χ1n) is 7.47. The van der Waals surface area contributed by atoms with E-state index in [0.717, 1.165) is 5.56 Å². The number of carbonyl (C=O) groups is 2. The normalized spacial score (nSPS) is 11.4. The van der Waals surface area contributed by atoms with Gasteiger partial charge < -0.3 is 20.5 Å². The van der Waals surface area contributed by atoms with E-state index in [1.807, 2.05) is 31.2 Å². The number of methoxy groups -OCH3 is 1. The minimum atomic E-state index is -0.603. The first kappa shape index (κ1) is 17.3. The molecule has 2 aromatic rings. The second-order valence-corrected chi connectivity index (χ2v) is 5.18. The second kappa shape index (κ2) is 8.01. The average molecular weight is 328 g/mol. The van der Waals surface area contributed by atoms with Gasteiger partial charge >= 0.3 is 0 Å². The molecule has 2 rings (SSSR count). The Kier molecular flexibility index (Phi) is 5.78. The third kappa shape index (κ3) is 4.25. The van der Waals surface area contributed by atoms with E-state index in [2.05, 4.69) is 5.32 Å². The summed E-state index contributed by atoms with van der Waals surface area (Å²) in [6.45, 7) is 1.64. The van der Waals surface area contributed by atoms with E-state index in [0.29, 0.717) is 5.75 Å². The summed E-state index contributed by atoms with van der Waals surface area (Å²) in [5.74, 6) is 0.0662. The molecule has 0 aliphatic carbocycles. The number of benzene rings is 2. The van der Waals surface area contributed by atoms with Gasteiger partial charge in [-0.15, -0.1) is 0 Å². The van der Waals surface area contributed by atoms with Crippen molar-refractivity contribution < 1.29 is 19.1 Å². The van der Waals surface area contributed by atoms with Crippen LogP contribution in [0.25, 0.3) is 0 Å². The molecule has 3 N–H and O–H groups in total. The summed E-state index contributed by atoms with van der Waals surface area (Å²) in [6, 6.07) is 13.7. The van der Waals surface area contributed by atoms with Crippen molar-refractivity contribution in [3.63, 3.8) is 0 Å². The van der Waals surface area contributed by atoms with Crippen LogP contribution in [0, 0.1) is 0 Å². The fourth-order valence-electron chi connectivity index (χ4n) is 2.32. The second-order valence-electron chi connectivity index (χ2n) is 5.18. The highest BCUT2D eigenvalue weighted by Crippen LogP contribution is 2.24. The summed E-state index contributed by atoms with van der Waals surface area (Å²) in [6.07, 6.45) is 0. The molecule has 0 bridgehead atoms. The largest absolute Gasteiger partial charge is 0.496 e. The Bertz CT molecular complexity index is 730. The summed E-state index contributed by atoms with van der Waals surface area (Å²) >= 11 is 0. The van der Waals surface area contributed by atoms with Crippen molar-refractivity contribution in [2.24, 2.45) is 5.73 Å². The van der Waals surface area contributed by atoms with E-state index in [1.165, 1.54) is 0 Å². The van der Waals surface area contributed by atoms with Gasteiger partial charge in [-0.25, -0.2) is 0 Å². The molecule has 6 heteroatoms. The maximum absolute atomic E-state index is 12.1. The molecule has 0 fully saturated rings. The zero-order valence-electron chi connectivity index (χ0n) is 13.6. The van der Waals surface area contributed by atoms with Gasteiger partial charge in [0.1, 0.15) is 11.5 Å². The Morgan fingerprint density at radius 3 is 2.38 bits per heavy atom. The van der Waals surface area contributed by atoms with Crippen LogP contribution in [0.15, 0.2) is 48.5 Å². The number of carbonyl (C=O) groups excluding carboxylic acids is 2. The molecule has 0 aliphatic rings. The number of amides is 2. The third-order valence-electron chi connectivity index (χ3n) is 3.49. The van der Waals surface area contributed by atoms with Gasteiger partial charge in [0, 0.05) is 5.56 Å². The molecule has 1 unspecified atom stereocenters. The van der Waals surface area contributed by atoms with Crippen molar-refractivity contribution >= 4 is 11.8 Å². The van der Waals surface area contributed by atoms with Crippen LogP contribution < -0.4 is 20.5 Å². The molecule has 2 amide bonds. The predicted octanol–water partition coefficient (Wildman–Crippen LogP) is 2.05. The van der Waals surface area contributed by atoms with Crippen molar-refractivity contribution in [1.82, 2.24) is 5.32 Å². The van der Waals surface area contributed by atoms with Crippen LogP contribution in [0.1, 0.15) is 28.9 Å². The molecule has 0 heterocycles. The van der Waals surface area contributed by atoms with E-state index in [9.17, 15) is 9.59 Å². The van der Waals surface area contributed by atoms with E-state index < -0.39 is 5.91 Å². The number of para-hydroxylation sites is 2. The molecule has 126 valence electrons. The Labute approximate surface area is 140 Å². The Morgan fingerprint density at radius 1 is 1.08 bits per heavy atom. The number of hydrogen-bond acceptors (Lipinski definition) is 4. The monoisotopic (exact) mass is 328 g/mol. The number of rotatable bonds is 7. The molecule has 1 atom stereocenters. The lowest BCUT2D eigenvalue weighted by Crippen LogP contribution is -2.31. The number of nitrogens with two attached hydrogens (primary N) is 1. The summed E-state index contributed by atoms with van der Waals surface area (Å²) in [5, 5.41) is 2.83. The van der Waals surface area contributed by atoms with Gasteiger partial charge in [-0.3, -0.25) is 9.59 Å². The number of primary amides is 1. The first-order valence-corrected chi connectivity index (χ1v) is 7.47. The molecule has 0 aliphatic heterocycles. The zero-order valence-corrected chi connectivity index (χ0v) is 13.6. The summed E-state index contributed by atoms with van der Waals surface area (Å²) in [5.41, 5.74) is 6.38. The fourth-order valence-corrected chi connectivity index (χ4v) is 2.32. The summed E-state index contributed by atoms with van der Waals surface area (Å²) < 4.78 is 10.7. The van der Waals surface area contributed by atoms with Crippen molar-refractivity contribution in [1.29, 1.82) is 0 Å². The van der Waals surface area contributed by atoms with Crippen LogP contribution in [0.4, 0.5) is 0 Å². The van der Waals surface area contributed by atoms with E-state index >= 15 is 0 Å². The minimum Gasteiger partial charge on any atom is -0.496 e.